The smallest absolute Gasteiger partial charge is 0.133 e. The minimum absolute atomic E-state index is 0.127. The van der Waals surface area contributed by atoms with Gasteiger partial charge in [-0.3, -0.25) is 4.79 Å². The summed E-state index contributed by atoms with van der Waals surface area (Å²) in [5.74, 6) is 0.127. The molecule has 0 aliphatic carbocycles. The maximum Gasteiger partial charge on any atom is 0.133 e. The van der Waals surface area contributed by atoms with Crippen LogP contribution >= 0.6 is 0 Å². The number of allylic oxidation sites excluding steroid dienone is 5. The van der Waals surface area contributed by atoms with Crippen LogP contribution in [0.15, 0.2) is 35.9 Å². The molecule has 62 valence electrons. The third-order valence-corrected chi connectivity index (χ3v) is 1.42. The van der Waals surface area contributed by atoms with Gasteiger partial charge in [0.05, 0.1) is 0 Å². The summed E-state index contributed by atoms with van der Waals surface area (Å²) >= 11 is 0. The summed E-state index contributed by atoms with van der Waals surface area (Å²) in [4.78, 5) is 10.7. The molecule has 0 aliphatic heterocycles. The van der Waals surface area contributed by atoms with Crippen molar-refractivity contribution in [1.29, 1.82) is 0 Å². The van der Waals surface area contributed by atoms with Crippen LogP contribution in [0.5, 0.6) is 0 Å². The van der Waals surface area contributed by atoms with E-state index in [-0.39, 0.29) is 5.78 Å². The molecule has 0 aromatic rings. The zero-order valence-corrected chi connectivity index (χ0v) is 7.63. The van der Waals surface area contributed by atoms with E-state index in [9.17, 15) is 4.79 Å². The van der Waals surface area contributed by atoms with Crippen LogP contribution in [0.2, 0.25) is 0 Å². The molecule has 0 aromatic heterocycles. The molecule has 0 rings (SSSR count). The fourth-order valence-electron chi connectivity index (χ4n) is 0.789. The summed E-state index contributed by atoms with van der Waals surface area (Å²) in [7, 11) is 5.64. The second-order valence-electron chi connectivity index (χ2n) is 2.71. The third-order valence-electron chi connectivity index (χ3n) is 1.42. The van der Waals surface area contributed by atoms with Crippen LogP contribution in [0.25, 0.3) is 0 Å². The average molecular weight is 160 g/mol. The van der Waals surface area contributed by atoms with Crippen LogP contribution in [-0.2, 0) is 4.79 Å². The van der Waals surface area contributed by atoms with Gasteiger partial charge in [-0.25, -0.2) is 0 Å². The molecule has 0 aromatic carbocycles. The largest absolute Gasteiger partial charge is 0.300 e. The predicted molar refractivity (Wildman–Crippen MR) is 53.1 cm³/mol. The van der Waals surface area contributed by atoms with E-state index in [4.69, 9.17) is 7.85 Å². The number of ketones is 1. The molecule has 0 N–H and O–H groups in total. The van der Waals surface area contributed by atoms with Crippen molar-refractivity contribution in [3.63, 3.8) is 0 Å². The van der Waals surface area contributed by atoms with Crippen molar-refractivity contribution in [2.45, 2.75) is 20.3 Å². The Morgan fingerprint density at radius 3 is 2.50 bits per heavy atom. The van der Waals surface area contributed by atoms with Crippen molar-refractivity contribution < 1.29 is 4.79 Å². The van der Waals surface area contributed by atoms with Gasteiger partial charge in [0.25, 0.3) is 0 Å². The first kappa shape index (κ1) is 11.0. The van der Waals surface area contributed by atoms with Crippen LogP contribution in [0, 0.1) is 0 Å². The summed E-state index contributed by atoms with van der Waals surface area (Å²) in [5, 5.41) is 0. The highest BCUT2D eigenvalue weighted by Gasteiger charge is 1.96. The number of rotatable bonds is 4. The van der Waals surface area contributed by atoms with Crippen LogP contribution in [0.1, 0.15) is 20.3 Å². The molecular weight excluding hydrogens is 147 g/mol. The van der Waals surface area contributed by atoms with Gasteiger partial charge in [0.2, 0.25) is 0 Å². The molecule has 2 heteroatoms. The standard InChI is InChI=1S/C10H13BO/c1-4-5-6-10(11)8(2)7-9(3)12/h4-6H,1,7H2,2-3H3/b6-5-,10-8+. The molecule has 0 saturated heterocycles. The molecule has 1 nitrogen and oxygen atoms in total. The van der Waals surface area contributed by atoms with Crippen molar-refractivity contribution in [3.05, 3.63) is 35.9 Å². The number of hydrogen-bond donors (Lipinski definition) is 0. The molecule has 0 aliphatic rings. The van der Waals surface area contributed by atoms with Gasteiger partial charge < -0.3 is 0 Å². The van der Waals surface area contributed by atoms with Crippen molar-refractivity contribution in [1.82, 2.24) is 0 Å². The van der Waals surface area contributed by atoms with E-state index >= 15 is 0 Å². The predicted octanol–water partition coefficient (Wildman–Crippen LogP) is 2.15. The van der Waals surface area contributed by atoms with Crippen molar-refractivity contribution in [3.8, 4) is 0 Å². The molecule has 0 fully saturated rings. The first-order valence-electron chi connectivity index (χ1n) is 3.81. The molecule has 0 amide bonds. The molecule has 0 spiro atoms. The Kier molecular flexibility index (Phi) is 5.10. The summed E-state index contributed by atoms with van der Waals surface area (Å²) in [6.07, 6.45) is 5.56. The summed E-state index contributed by atoms with van der Waals surface area (Å²) in [5.41, 5.74) is 1.55. The van der Waals surface area contributed by atoms with Gasteiger partial charge in [-0.05, 0) is 13.8 Å². The minimum Gasteiger partial charge on any atom is -0.300 e. The number of Topliss-reactive ketones (excluding diaryl/α,β-unsaturated/α-hetero) is 1. The quantitative estimate of drug-likeness (QED) is 0.454. The van der Waals surface area contributed by atoms with Gasteiger partial charge in [-0.15, -0.1) is 0 Å². The van der Waals surface area contributed by atoms with Crippen LogP contribution in [-0.4, -0.2) is 13.6 Å². The Morgan fingerprint density at radius 1 is 1.50 bits per heavy atom. The van der Waals surface area contributed by atoms with Gasteiger partial charge in [-0.2, -0.15) is 0 Å². The van der Waals surface area contributed by atoms with E-state index in [1.165, 1.54) is 0 Å². The topological polar surface area (TPSA) is 17.1 Å². The van der Waals surface area contributed by atoms with Crippen LogP contribution in [0.4, 0.5) is 0 Å². The second kappa shape index (κ2) is 5.59. The lowest BCUT2D eigenvalue weighted by Gasteiger charge is -2.00. The molecular formula is C10H13BO. The van der Waals surface area contributed by atoms with Crippen LogP contribution in [0.3, 0.4) is 0 Å². The first-order valence-corrected chi connectivity index (χ1v) is 3.81. The summed E-state index contributed by atoms with van der Waals surface area (Å²) in [6.45, 7) is 6.92. The Morgan fingerprint density at radius 2 is 2.08 bits per heavy atom. The molecule has 0 atom stereocenters. The lowest BCUT2D eigenvalue weighted by atomic mass is 9.88. The van der Waals surface area contributed by atoms with E-state index in [0.717, 1.165) is 5.57 Å². The highest BCUT2D eigenvalue weighted by molar-refractivity contribution is 6.24. The molecule has 0 unspecified atom stereocenters. The minimum atomic E-state index is 0.127. The molecule has 2 radical (unpaired) electrons. The fourth-order valence-corrected chi connectivity index (χ4v) is 0.789. The normalized spacial score (nSPS) is 12.8. The lowest BCUT2D eigenvalue weighted by molar-refractivity contribution is -0.116. The summed E-state index contributed by atoms with van der Waals surface area (Å²) in [6, 6.07) is 0. The van der Waals surface area contributed by atoms with Gasteiger partial charge in [0.1, 0.15) is 13.6 Å². The Balaban J connectivity index is 4.35. The van der Waals surface area contributed by atoms with Crippen molar-refractivity contribution in [2.75, 3.05) is 0 Å². The van der Waals surface area contributed by atoms with E-state index in [0.29, 0.717) is 11.9 Å². The highest BCUT2D eigenvalue weighted by Crippen LogP contribution is 2.06. The van der Waals surface area contributed by atoms with Crippen LogP contribution < -0.4 is 0 Å². The highest BCUT2D eigenvalue weighted by atomic mass is 16.1. The van der Waals surface area contributed by atoms with Crippen molar-refractivity contribution in [2.24, 2.45) is 0 Å². The van der Waals surface area contributed by atoms with E-state index in [1.807, 2.05) is 6.92 Å². The lowest BCUT2D eigenvalue weighted by Crippen LogP contribution is -1.93. The van der Waals surface area contributed by atoms with Gasteiger partial charge >= 0.3 is 0 Å². The SMILES string of the molecule is [B]C(/C=C\C=C)=C(\C)CC(C)=O. The van der Waals surface area contributed by atoms with E-state index in [2.05, 4.69) is 6.58 Å². The van der Waals surface area contributed by atoms with E-state index in [1.54, 1.807) is 25.2 Å². The molecule has 12 heavy (non-hydrogen) atoms. The van der Waals surface area contributed by atoms with Gasteiger partial charge in [-0.1, -0.05) is 35.9 Å². The van der Waals surface area contributed by atoms with Gasteiger partial charge in [0, 0.05) is 6.42 Å². The number of carbonyl (C=O) groups excluding carboxylic acids is 1. The third kappa shape index (κ3) is 4.72. The summed E-state index contributed by atoms with van der Waals surface area (Å²) < 4.78 is 0. The van der Waals surface area contributed by atoms with E-state index < -0.39 is 0 Å². The number of hydrogen-bond acceptors (Lipinski definition) is 1. The first-order chi connectivity index (χ1) is 5.57. The zero-order valence-electron chi connectivity index (χ0n) is 7.63. The van der Waals surface area contributed by atoms with Gasteiger partial charge in [0.15, 0.2) is 0 Å². The molecule has 0 bridgehead atoms. The number of carbonyl (C=O) groups is 1. The molecule has 0 saturated carbocycles. The maximum absolute atomic E-state index is 10.7. The average Bonchev–Trinajstić information content (AvgIpc) is 1.98. The fraction of sp³-hybridized carbons (Fsp3) is 0.300. The maximum atomic E-state index is 10.7. The molecule has 0 heterocycles. The Bertz CT molecular complexity index is 236. The Labute approximate surface area is 75.3 Å². The van der Waals surface area contributed by atoms with Crippen molar-refractivity contribution >= 4 is 13.6 Å². The second-order valence-corrected chi connectivity index (χ2v) is 2.71. The Hall–Kier alpha value is -1.05. The monoisotopic (exact) mass is 160 g/mol. The zero-order chi connectivity index (χ0) is 9.56.